The minimum absolute atomic E-state index is 0.244. The number of anilines is 1. The van der Waals surface area contributed by atoms with Crippen LogP contribution in [0.15, 0.2) is 12.4 Å². The molecule has 6 heteroatoms. The second kappa shape index (κ2) is 6.30. The molecule has 0 amide bonds. The summed E-state index contributed by atoms with van der Waals surface area (Å²) in [6, 6.07) is 0. The Labute approximate surface area is 106 Å². The van der Waals surface area contributed by atoms with Crippen molar-refractivity contribution in [2.75, 3.05) is 32.1 Å². The number of hydrogen-bond donors (Lipinski definition) is 2. The van der Waals surface area contributed by atoms with Crippen LogP contribution in [0.3, 0.4) is 0 Å². The summed E-state index contributed by atoms with van der Waals surface area (Å²) in [5.74, 6) is 0.651. The molecule has 98 valence electrons. The molecule has 2 N–H and O–H groups in total. The molecule has 0 bridgehead atoms. The minimum Gasteiger partial charge on any atom is -0.464 e. The van der Waals surface area contributed by atoms with E-state index in [1.807, 2.05) is 0 Å². The Bertz CT molecular complexity index is 405. The molecule has 0 spiro atoms. The van der Waals surface area contributed by atoms with E-state index in [4.69, 9.17) is 0 Å². The summed E-state index contributed by atoms with van der Waals surface area (Å²) in [6.07, 6.45) is 5.33. The van der Waals surface area contributed by atoms with Crippen LogP contribution in [0.4, 0.5) is 5.82 Å². The van der Waals surface area contributed by atoms with Crippen LogP contribution in [0.25, 0.3) is 0 Å². The molecule has 1 aromatic heterocycles. The maximum atomic E-state index is 11.5. The number of ether oxygens (including phenoxy) is 1. The Morgan fingerprint density at radius 2 is 2.17 bits per heavy atom. The number of aromatic nitrogens is 2. The van der Waals surface area contributed by atoms with Crippen molar-refractivity contribution in [2.24, 2.45) is 5.92 Å². The fraction of sp³-hybridized carbons (Fsp3) is 0.583. The van der Waals surface area contributed by atoms with Gasteiger partial charge < -0.3 is 15.4 Å². The zero-order valence-electron chi connectivity index (χ0n) is 10.5. The molecule has 6 nitrogen and oxygen atoms in total. The second-order valence-corrected chi connectivity index (χ2v) is 4.32. The predicted molar refractivity (Wildman–Crippen MR) is 67.5 cm³/mol. The number of piperidine rings is 1. The molecule has 0 saturated carbocycles. The van der Waals surface area contributed by atoms with Crippen molar-refractivity contribution in [3.8, 4) is 0 Å². The normalized spacial score (nSPS) is 16.3. The van der Waals surface area contributed by atoms with E-state index in [1.165, 1.54) is 13.3 Å². The number of nitrogens with zero attached hydrogens (tertiary/aromatic N) is 2. The van der Waals surface area contributed by atoms with Gasteiger partial charge in [-0.3, -0.25) is 0 Å². The first-order chi connectivity index (χ1) is 8.81. The van der Waals surface area contributed by atoms with Gasteiger partial charge in [0.2, 0.25) is 0 Å². The van der Waals surface area contributed by atoms with Crippen LogP contribution in [-0.4, -0.2) is 42.7 Å². The number of esters is 1. The maximum Gasteiger partial charge on any atom is 0.360 e. The Morgan fingerprint density at radius 1 is 1.44 bits per heavy atom. The lowest BCUT2D eigenvalue weighted by Crippen LogP contribution is -2.31. The van der Waals surface area contributed by atoms with Gasteiger partial charge in [0.15, 0.2) is 11.5 Å². The summed E-state index contributed by atoms with van der Waals surface area (Å²) in [4.78, 5) is 19.7. The monoisotopic (exact) mass is 250 g/mol. The summed E-state index contributed by atoms with van der Waals surface area (Å²) in [6.45, 7) is 2.91. The lowest BCUT2D eigenvalue weighted by Gasteiger charge is -2.23. The highest BCUT2D eigenvalue weighted by atomic mass is 16.5. The highest BCUT2D eigenvalue weighted by Crippen LogP contribution is 2.14. The van der Waals surface area contributed by atoms with Crippen molar-refractivity contribution in [1.82, 2.24) is 15.3 Å². The van der Waals surface area contributed by atoms with E-state index in [1.54, 1.807) is 6.20 Å². The van der Waals surface area contributed by atoms with Crippen molar-refractivity contribution in [2.45, 2.75) is 12.8 Å². The Morgan fingerprint density at radius 3 is 2.89 bits per heavy atom. The molecule has 1 aliphatic heterocycles. The van der Waals surface area contributed by atoms with Crippen LogP contribution < -0.4 is 10.6 Å². The molecule has 0 aliphatic carbocycles. The first kappa shape index (κ1) is 12.8. The van der Waals surface area contributed by atoms with Gasteiger partial charge in [0, 0.05) is 18.9 Å². The molecule has 1 saturated heterocycles. The Balaban J connectivity index is 1.97. The number of nitrogens with one attached hydrogen (secondary N) is 2. The third-order valence-electron chi connectivity index (χ3n) is 3.09. The van der Waals surface area contributed by atoms with Crippen molar-refractivity contribution < 1.29 is 9.53 Å². The van der Waals surface area contributed by atoms with Gasteiger partial charge in [0.25, 0.3) is 0 Å². The van der Waals surface area contributed by atoms with E-state index in [-0.39, 0.29) is 5.69 Å². The van der Waals surface area contributed by atoms with E-state index in [0.717, 1.165) is 32.5 Å². The summed E-state index contributed by atoms with van der Waals surface area (Å²) < 4.78 is 4.68. The number of carbonyl (C=O) groups is 1. The molecule has 1 fully saturated rings. The third-order valence-corrected chi connectivity index (χ3v) is 3.09. The van der Waals surface area contributed by atoms with Gasteiger partial charge in [-0.15, -0.1) is 0 Å². The van der Waals surface area contributed by atoms with Crippen molar-refractivity contribution >= 4 is 11.8 Å². The fourth-order valence-corrected chi connectivity index (χ4v) is 2.04. The number of rotatable bonds is 4. The number of methoxy groups -OCH3 is 1. The predicted octanol–water partition coefficient (Wildman–Crippen LogP) is 0.675. The van der Waals surface area contributed by atoms with Crippen LogP contribution in [-0.2, 0) is 4.74 Å². The zero-order valence-corrected chi connectivity index (χ0v) is 10.5. The highest BCUT2D eigenvalue weighted by molar-refractivity contribution is 5.92. The van der Waals surface area contributed by atoms with E-state index >= 15 is 0 Å². The summed E-state index contributed by atoms with van der Waals surface area (Å²) in [5, 5.41) is 6.52. The van der Waals surface area contributed by atoms with Gasteiger partial charge in [-0.2, -0.15) is 0 Å². The van der Waals surface area contributed by atoms with E-state index < -0.39 is 5.97 Å². The average Bonchev–Trinajstić information content (AvgIpc) is 2.45. The van der Waals surface area contributed by atoms with Crippen molar-refractivity contribution in [1.29, 1.82) is 0 Å². The summed E-state index contributed by atoms with van der Waals surface area (Å²) in [7, 11) is 1.34. The molecular formula is C12H18N4O2. The quantitative estimate of drug-likeness (QED) is 0.765. The SMILES string of the molecule is COC(=O)c1nccnc1NCC1CCNCC1. The smallest absolute Gasteiger partial charge is 0.360 e. The minimum atomic E-state index is -0.462. The first-order valence-corrected chi connectivity index (χ1v) is 6.15. The summed E-state index contributed by atoms with van der Waals surface area (Å²) >= 11 is 0. The number of hydrogen-bond acceptors (Lipinski definition) is 6. The summed E-state index contributed by atoms with van der Waals surface area (Å²) in [5.41, 5.74) is 0.244. The van der Waals surface area contributed by atoms with E-state index in [9.17, 15) is 4.79 Å². The highest BCUT2D eigenvalue weighted by Gasteiger charge is 2.17. The fourth-order valence-electron chi connectivity index (χ4n) is 2.04. The largest absolute Gasteiger partial charge is 0.464 e. The standard InChI is InChI=1S/C12H18N4O2/c1-18-12(17)10-11(15-7-6-14-10)16-8-9-2-4-13-5-3-9/h6-7,9,13H,2-5,8H2,1H3,(H,15,16). The van der Waals surface area contributed by atoms with Gasteiger partial charge in [-0.25, -0.2) is 14.8 Å². The lowest BCUT2D eigenvalue weighted by molar-refractivity contribution is 0.0594. The lowest BCUT2D eigenvalue weighted by atomic mass is 9.98. The van der Waals surface area contributed by atoms with Gasteiger partial charge in [0.1, 0.15) is 0 Å². The van der Waals surface area contributed by atoms with Gasteiger partial charge in [-0.1, -0.05) is 0 Å². The van der Waals surface area contributed by atoms with Crippen LogP contribution in [0.1, 0.15) is 23.3 Å². The Hall–Kier alpha value is -1.69. The Kier molecular flexibility index (Phi) is 4.46. The molecule has 1 aromatic rings. The molecule has 2 heterocycles. The molecular weight excluding hydrogens is 232 g/mol. The first-order valence-electron chi connectivity index (χ1n) is 6.15. The zero-order chi connectivity index (χ0) is 12.8. The molecule has 0 radical (unpaired) electrons. The number of carbonyl (C=O) groups excluding carboxylic acids is 1. The van der Waals surface area contributed by atoms with Crippen LogP contribution in [0, 0.1) is 5.92 Å². The third kappa shape index (κ3) is 3.16. The molecule has 0 atom stereocenters. The van der Waals surface area contributed by atoms with Gasteiger partial charge in [0.05, 0.1) is 7.11 Å². The van der Waals surface area contributed by atoms with Crippen LogP contribution in [0.5, 0.6) is 0 Å². The molecule has 1 aliphatic rings. The molecule has 18 heavy (non-hydrogen) atoms. The van der Waals surface area contributed by atoms with Crippen molar-refractivity contribution in [3.05, 3.63) is 18.1 Å². The maximum absolute atomic E-state index is 11.5. The average molecular weight is 250 g/mol. The topological polar surface area (TPSA) is 76.1 Å². The van der Waals surface area contributed by atoms with Crippen LogP contribution in [0.2, 0.25) is 0 Å². The van der Waals surface area contributed by atoms with Gasteiger partial charge in [-0.05, 0) is 31.8 Å². The van der Waals surface area contributed by atoms with Crippen molar-refractivity contribution in [3.63, 3.8) is 0 Å². The molecule has 2 rings (SSSR count). The molecule has 0 unspecified atom stereocenters. The van der Waals surface area contributed by atoms with Gasteiger partial charge >= 0.3 is 5.97 Å². The van der Waals surface area contributed by atoms with Crippen LogP contribution >= 0.6 is 0 Å². The second-order valence-electron chi connectivity index (χ2n) is 4.32. The molecule has 0 aromatic carbocycles. The van der Waals surface area contributed by atoms with E-state index in [0.29, 0.717) is 11.7 Å². The van der Waals surface area contributed by atoms with E-state index in [2.05, 4.69) is 25.3 Å².